The van der Waals surface area contributed by atoms with Gasteiger partial charge in [0, 0.05) is 12.4 Å². The van der Waals surface area contributed by atoms with Gasteiger partial charge in [-0.1, -0.05) is 32.1 Å². The summed E-state index contributed by atoms with van der Waals surface area (Å²) in [5.41, 5.74) is 3.34. The minimum atomic E-state index is 0.0565. The van der Waals surface area contributed by atoms with Crippen LogP contribution in [0.2, 0.25) is 0 Å². The third-order valence-electron chi connectivity index (χ3n) is 3.45. The molecule has 0 N–H and O–H groups in total. The lowest BCUT2D eigenvalue weighted by Crippen LogP contribution is -2.17. The first-order valence-corrected chi connectivity index (χ1v) is 6.86. The first-order valence-electron chi connectivity index (χ1n) is 6.86. The van der Waals surface area contributed by atoms with Crippen molar-refractivity contribution in [1.82, 2.24) is 4.98 Å². The van der Waals surface area contributed by atoms with Gasteiger partial charge in [-0.3, -0.25) is 4.98 Å². The van der Waals surface area contributed by atoms with Crippen LogP contribution in [-0.4, -0.2) is 4.98 Å². The smallest absolute Gasteiger partial charge is 0.132 e. The molecule has 21 heavy (non-hydrogen) atoms. The third-order valence-corrected chi connectivity index (χ3v) is 3.45. The van der Waals surface area contributed by atoms with Crippen molar-refractivity contribution in [3.8, 4) is 12.1 Å². The fourth-order valence-electron chi connectivity index (χ4n) is 2.57. The van der Waals surface area contributed by atoms with Crippen molar-refractivity contribution in [2.45, 2.75) is 26.7 Å². The summed E-state index contributed by atoms with van der Waals surface area (Å²) >= 11 is 0. The maximum Gasteiger partial charge on any atom is 0.132 e. The quantitative estimate of drug-likeness (QED) is 0.760. The van der Waals surface area contributed by atoms with E-state index in [2.05, 4.69) is 24.9 Å². The van der Waals surface area contributed by atoms with Gasteiger partial charge in [0.2, 0.25) is 0 Å². The molecule has 0 atom stereocenters. The highest BCUT2D eigenvalue weighted by molar-refractivity contribution is 5.55. The van der Waals surface area contributed by atoms with Crippen LogP contribution in [0.1, 0.15) is 32.3 Å². The summed E-state index contributed by atoms with van der Waals surface area (Å²) in [7, 11) is 0. The molecule has 2 rings (SSSR count). The van der Waals surface area contributed by atoms with E-state index in [0.717, 1.165) is 29.6 Å². The number of pyridine rings is 1. The van der Waals surface area contributed by atoms with Crippen molar-refractivity contribution < 1.29 is 0 Å². The van der Waals surface area contributed by atoms with Crippen LogP contribution in [0, 0.1) is 28.1 Å². The molecule has 0 saturated heterocycles. The zero-order valence-corrected chi connectivity index (χ0v) is 12.3. The molecule has 1 aromatic rings. The maximum atomic E-state index is 9.06. The average Bonchev–Trinajstić information content (AvgIpc) is 2.46. The average molecular weight is 275 g/mol. The number of rotatable bonds is 2. The van der Waals surface area contributed by atoms with Gasteiger partial charge in [-0.15, -0.1) is 0 Å². The van der Waals surface area contributed by atoms with Crippen LogP contribution >= 0.6 is 0 Å². The number of nitrogens with zero attached hydrogens (tertiary/aromatic N) is 3. The van der Waals surface area contributed by atoms with E-state index in [1.54, 1.807) is 12.4 Å². The van der Waals surface area contributed by atoms with Crippen LogP contribution in [0.3, 0.4) is 0 Å². The fourth-order valence-corrected chi connectivity index (χ4v) is 2.57. The Morgan fingerprint density at radius 1 is 1.14 bits per heavy atom. The molecule has 1 aliphatic rings. The van der Waals surface area contributed by atoms with E-state index in [4.69, 9.17) is 10.5 Å². The summed E-state index contributed by atoms with van der Waals surface area (Å²) in [6.45, 7) is 4.32. The summed E-state index contributed by atoms with van der Waals surface area (Å²) < 4.78 is 0. The van der Waals surface area contributed by atoms with Crippen LogP contribution in [0.25, 0.3) is 6.08 Å². The number of aromatic nitrogens is 1. The fraction of sp³-hybridized carbons (Fsp3) is 0.278. The van der Waals surface area contributed by atoms with Gasteiger partial charge in [-0.2, -0.15) is 10.5 Å². The molecule has 0 bridgehead atoms. The Kier molecular flexibility index (Phi) is 4.36. The van der Waals surface area contributed by atoms with E-state index in [1.165, 1.54) is 0 Å². The molecule has 0 spiro atoms. The van der Waals surface area contributed by atoms with E-state index in [0.29, 0.717) is 0 Å². The molecule has 1 heterocycles. The molecule has 0 aliphatic heterocycles. The van der Waals surface area contributed by atoms with E-state index in [9.17, 15) is 0 Å². The first-order chi connectivity index (χ1) is 10.0. The lowest BCUT2D eigenvalue weighted by Gasteiger charge is -2.30. The predicted octanol–water partition coefficient (Wildman–Crippen LogP) is 4.18. The van der Waals surface area contributed by atoms with Gasteiger partial charge in [0.05, 0.1) is 0 Å². The molecule has 1 aromatic heterocycles. The number of hydrogen-bond donors (Lipinski definition) is 0. The van der Waals surface area contributed by atoms with Crippen molar-refractivity contribution in [3.05, 3.63) is 59.0 Å². The molecule has 1 aliphatic carbocycles. The second-order valence-corrected chi connectivity index (χ2v) is 5.97. The number of nitriles is 2. The molecule has 0 fully saturated rings. The van der Waals surface area contributed by atoms with Gasteiger partial charge in [-0.05, 0) is 47.1 Å². The third kappa shape index (κ3) is 3.91. The van der Waals surface area contributed by atoms with Crippen molar-refractivity contribution in [2.75, 3.05) is 0 Å². The Morgan fingerprint density at radius 3 is 2.43 bits per heavy atom. The zero-order valence-electron chi connectivity index (χ0n) is 12.3. The highest BCUT2D eigenvalue weighted by Crippen LogP contribution is 2.39. The number of allylic oxidation sites excluding steroid dienone is 5. The topological polar surface area (TPSA) is 60.5 Å². The van der Waals surface area contributed by atoms with Gasteiger partial charge in [0.1, 0.15) is 17.7 Å². The van der Waals surface area contributed by atoms with Crippen LogP contribution in [-0.2, 0) is 0 Å². The molecule has 3 nitrogen and oxygen atoms in total. The Balaban J connectivity index is 2.35. The van der Waals surface area contributed by atoms with Crippen LogP contribution in [0.4, 0.5) is 0 Å². The minimum absolute atomic E-state index is 0.0565. The van der Waals surface area contributed by atoms with Gasteiger partial charge in [0.15, 0.2) is 0 Å². The summed E-state index contributed by atoms with van der Waals surface area (Å²) in [5, 5.41) is 18.1. The summed E-state index contributed by atoms with van der Waals surface area (Å²) in [6.07, 6.45) is 11.3. The predicted molar refractivity (Wildman–Crippen MR) is 82.6 cm³/mol. The van der Waals surface area contributed by atoms with Crippen LogP contribution in [0.15, 0.2) is 53.4 Å². The highest BCUT2D eigenvalue weighted by atomic mass is 14.6. The van der Waals surface area contributed by atoms with Crippen molar-refractivity contribution >= 4 is 6.08 Å². The monoisotopic (exact) mass is 275 g/mol. The Morgan fingerprint density at radius 2 is 1.81 bits per heavy atom. The molecule has 0 aromatic carbocycles. The maximum absolute atomic E-state index is 9.06. The van der Waals surface area contributed by atoms with E-state index in [1.807, 2.05) is 36.4 Å². The van der Waals surface area contributed by atoms with Gasteiger partial charge >= 0.3 is 0 Å². The number of hydrogen-bond acceptors (Lipinski definition) is 3. The molecule has 3 heteroatoms. The Hall–Kier alpha value is -2.65. The summed E-state index contributed by atoms with van der Waals surface area (Å²) in [6, 6.07) is 7.87. The van der Waals surface area contributed by atoms with Crippen LogP contribution in [0.5, 0.6) is 0 Å². The minimum Gasteiger partial charge on any atom is -0.265 e. The second kappa shape index (κ2) is 6.20. The van der Waals surface area contributed by atoms with Crippen molar-refractivity contribution in [3.63, 3.8) is 0 Å². The summed E-state index contributed by atoms with van der Waals surface area (Å²) in [4.78, 5) is 3.99. The van der Waals surface area contributed by atoms with Gasteiger partial charge < -0.3 is 0 Å². The zero-order chi connectivity index (χ0) is 15.3. The molecule has 104 valence electrons. The van der Waals surface area contributed by atoms with Crippen molar-refractivity contribution in [2.24, 2.45) is 5.41 Å². The summed E-state index contributed by atoms with van der Waals surface area (Å²) in [5.74, 6) is 0. The normalized spacial score (nSPS) is 17.0. The lowest BCUT2D eigenvalue weighted by atomic mass is 9.74. The Labute approximate surface area is 125 Å². The molecule has 0 unspecified atom stereocenters. The molecule has 0 saturated carbocycles. The second-order valence-electron chi connectivity index (χ2n) is 5.97. The largest absolute Gasteiger partial charge is 0.265 e. The van der Waals surface area contributed by atoms with E-state index >= 15 is 0 Å². The lowest BCUT2D eigenvalue weighted by molar-refractivity contribution is 0.354. The molecular formula is C18H17N3. The molecular weight excluding hydrogens is 258 g/mol. The van der Waals surface area contributed by atoms with Gasteiger partial charge in [-0.25, -0.2) is 0 Å². The molecule has 0 amide bonds. The van der Waals surface area contributed by atoms with Gasteiger partial charge in [0.25, 0.3) is 0 Å². The SMILES string of the molecule is CC1(C)CC(C=Cc2ccncc2)=CC(=C(C#N)C#N)C1. The van der Waals surface area contributed by atoms with Crippen molar-refractivity contribution in [1.29, 1.82) is 10.5 Å². The van der Waals surface area contributed by atoms with E-state index in [-0.39, 0.29) is 11.0 Å². The highest BCUT2D eigenvalue weighted by Gasteiger charge is 2.26. The first kappa shape index (κ1) is 14.8. The standard InChI is InChI=1S/C18H17N3/c1-18(2)10-15(4-3-14-5-7-21-8-6-14)9-16(11-18)17(12-19)13-20/h3-9H,10-11H2,1-2H3. The van der Waals surface area contributed by atoms with Crippen LogP contribution < -0.4 is 0 Å². The van der Waals surface area contributed by atoms with E-state index < -0.39 is 0 Å². The molecule has 0 radical (unpaired) electrons. The Bertz CT molecular complexity index is 676.